The van der Waals surface area contributed by atoms with E-state index in [-0.39, 0.29) is 5.56 Å². The number of methoxy groups -OCH3 is 1. The molecule has 0 fully saturated rings. The second-order valence-corrected chi connectivity index (χ2v) is 8.37. The molecule has 0 atom stereocenters. The molecule has 2 aromatic carbocycles. The maximum absolute atomic E-state index is 12.8. The van der Waals surface area contributed by atoms with Crippen molar-refractivity contribution in [2.45, 2.75) is 0 Å². The quantitative estimate of drug-likeness (QED) is 0.372. The smallest absolute Gasteiger partial charge is 0.291 e. The van der Waals surface area contributed by atoms with Gasteiger partial charge in [-0.05, 0) is 48.5 Å². The van der Waals surface area contributed by atoms with E-state index in [2.05, 4.69) is 10.1 Å². The van der Waals surface area contributed by atoms with Crippen LogP contribution in [0.15, 0.2) is 63.8 Å². The monoisotopic (exact) mass is 469 g/mol. The Hall–Kier alpha value is -3.13. The lowest BCUT2D eigenvalue weighted by molar-refractivity contribution is 0.415. The van der Waals surface area contributed by atoms with Crippen LogP contribution in [-0.2, 0) is 0 Å². The fourth-order valence-corrected chi connectivity index (χ4v) is 4.38. The molecular weight excluding hydrogens is 457 g/mol. The van der Waals surface area contributed by atoms with Crippen molar-refractivity contribution in [3.63, 3.8) is 0 Å². The molecule has 0 N–H and O–H groups in total. The Bertz CT molecular complexity index is 1520. The highest BCUT2D eigenvalue weighted by molar-refractivity contribution is 7.15. The third-order valence-corrected chi connectivity index (χ3v) is 6.43. The van der Waals surface area contributed by atoms with Gasteiger partial charge in [0, 0.05) is 17.2 Å². The van der Waals surface area contributed by atoms with Gasteiger partial charge in [-0.2, -0.15) is 9.50 Å². The second-order valence-electron chi connectivity index (χ2n) is 6.58. The standard InChI is InChI=1S/C22H13Cl2N3O3S/c1-29-13-7-5-12(6-8-13)20-25-22-27(26-20)21(28)18(31-22)11-14-9-10-17(30-14)15-3-2-4-16(23)19(15)24/h2-11H,1H3/b18-11+. The third kappa shape index (κ3) is 3.61. The maximum Gasteiger partial charge on any atom is 0.291 e. The summed E-state index contributed by atoms with van der Waals surface area (Å²) in [7, 11) is 1.60. The predicted molar refractivity (Wildman–Crippen MR) is 122 cm³/mol. The number of rotatable bonds is 4. The summed E-state index contributed by atoms with van der Waals surface area (Å²) < 4.78 is 12.8. The lowest BCUT2D eigenvalue weighted by Gasteiger charge is -2.01. The van der Waals surface area contributed by atoms with Crippen molar-refractivity contribution in [1.29, 1.82) is 0 Å². The molecule has 3 aromatic heterocycles. The zero-order valence-corrected chi connectivity index (χ0v) is 18.3. The molecule has 31 heavy (non-hydrogen) atoms. The van der Waals surface area contributed by atoms with Gasteiger partial charge in [0.05, 0.1) is 17.2 Å². The Labute approximate surface area is 189 Å². The van der Waals surface area contributed by atoms with Gasteiger partial charge >= 0.3 is 0 Å². The van der Waals surface area contributed by atoms with Crippen molar-refractivity contribution in [3.05, 3.63) is 85.3 Å². The minimum atomic E-state index is -0.258. The number of hydrogen-bond acceptors (Lipinski definition) is 6. The molecule has 0 spiro atoms. The maximum atomic E-state index is 12.8. The number of fused-ring (bicyclic) bond motifs is 1. The number of benzene rings is 2. The highest BCUT2D eigenvalue weighted by Crippen LogP contribution is 2.34. The molecule has 0 aliphatic rings. The molecule has 0 radical (unpaired) electrons. The molecule has 0 bridgehead atoms. The van der Waals surface area contributed by atoms with Gasteiger partial charge in [-0.1, -0.05) is 40.6 Å². The molecule has 5 rings (SSSR count). The molecule has 0 saturated carbocycles. The van der Waals surface area contributed by atoms with Crippen LogP contribution in [0.5, 0.6) is 5.75 Å². The summed E-state index contributed by atoms with van der Waals surface area (Å²) in [6.45, 7) is 0. The van der Waals surface area contributed by atoms with E-state index in [0.29, 0.717) is 42.4 Å². The fraction of sp³-hybridized carbons (Fsp3) is 0.0455. The Balaban J connectivity index is 1.50. The average molecular weight is 470 g/mol. The topological polar surface area (TPSA) is 69.6 Å². The van der Waals surface area contributed by atoms with Crippen LogP contribution in [0.1, 0.15) is 5.76 Å². The number of ether oxygens (including phenoxy) is 1. The molecule has 3 heterocycles. The predicted octanol–water partition coefficient (Wildman–Crippen LogP) is 4.94. The number of halogens is 2. The van der Waals surface area contributed by atoms with Gasteiger partial charge in [0.2, 0.25) is 4.96 Å². The summed E-state index contributed by atoms with van der Waals surface area (Å²) in [5.41, 5.74) is 1.23. The lowest BCUT2D eigenvalue weighted by atomic mass is 10.2. The van der Waals surface area contributed by atoms with Crippen molar-refractivity contribution in [2.75, 3.05) is 7.11 Å². The number of hydrogen-bond donors (Lipinski definition) is 0. The summed E-state index contributed by atoms with van der Waals surface area (Å²) in [6.07, 6.45) is 1.67. The van der Waals surface area contributed by atoms with Crippen molar-refractivity contribution in [3.8, 4) is 28.5 Å². The first-order chi connectivity index (χ1) is 15.0. The Kier molecular flexibility index (Phi) is 5.02. The van der Waals surface area contributed by atoms with Crippen molar-refractivity contribution in [2.24, 2.45) is 0 Å². The summed E-state index contributed by atoms with van der Waals surface area (Å²) in [6, 6.07) is 16.2. The van der Waals surface area contributed by atoms with Crippen LogP contribution in [0.2, 0.25) is 10.0 Å². The third-order valence-electron chi connectivity index (χ3n) is 4.65. The van der Waals surface area contributed by atoms with Gasteiger partial charge in [0.15, 0.2) is 5.82 Å². The molecule has 0 amide bonds. The van der Waals surface area contributed by atoms with Gasteiger partial charge in [0.1, 0.15) is 21.8 Å². The molecule has 0 saturated heterocycles. The van der Waals surface area contributed by atoms with Crippen molar-refractivity contribution < 1.29 is 9.15 Å². The summed E-state index contributed by atoms with van der Waals surface area (Å²) in [5, 5.41) is 5.22. The first-order valence-electron chi connectivity index (χ1n) is 9.13. The first kappa shape index (κ1) is 19.8. The number of aromatic nitrogens is 3. The van der Waals surface area contributed by atoms with Gasteiger partial charge in [-0.25, -0.2) is 0 Å². The number of furan rings is 1. The lowest BCUT2D eigenvalue weighted by Crippen LogP contribution is -2.23. The molecule has 9 heteroatoms. The van der Waals surface area contributed by atoms with Crippen LogP contribution >= 0.6 is 34.5 Å². The van der Waals surface area contributed by atoms with E-state index in [1.54, 1.807) is 37.5 Å². The zero-order chi connectivity index (χ0) is 21.5. The zero-order valence-electron chi connectivity index (χ0n) is 16.0. The number of thiazole rings is 1. The first-order valence-corrected chi connectivity index (χ1v) is 10.7. The highest BCUT2D eigenvalue weighted by atomic mass is 35.5. The Morgan fingerprint density at radius 3 is 2.65 bits per heavy atom. The number of nitrogens with zero attached hydrogens (tertiary/aromatic N) is 3. The molecule has 0 aliphatic carbocycles. The molecule has 0 unspecified atom stereocenters. The van der Waals surface area contributed by atoms with Gasteiger partial charge in [0.25, 0.3) is 5.56 Å². The van der Waals surface area contributed by atoms with Crippen LogP contribution in [0, 0.1) is 0 Å². The Morgan fingerprint density at radius 2 is 1.90 bits per heavy atom. The minimum absolute atomic E-state index is 0.258. The van der Waals surface area contributed by atoms with E-state index in [4.69, 9.17) is 32.4 Å². The van der Waals surface area contributed by atoms with Crippen LogP contribution in [-0.4, -0.2) is 21.7 Å². The Morgan fingerprint density at radius 1 is 1.10 bits per heavy atom. The molecule has 6 nitrogen and oxygen atoms in total. The summed E-state index contributed by atoms with van der Waals surface area (Å²) in [4.78, 5) is 17.8. The van der Waals surface area contributed by atoms with E-state index in [9.17, 15) is 4.79 Å². The normalized spacial score (nSPS) is 12.0. The van der Waals surface area contributed by atoms with Crippen molar-refractivity contribution in [1.82, 2.24) is 14.6 Å². The SMILES string of the molecule is COc1ccc(-c2nc3s/c(=C/c4ccc(-c5cccc(Cl)c5Cl)o4)c(=O)n3n2)cc1. The van der Waals surface area contributed by atoms with Crippen molar-refractivity contribution >= 4 is 45.6 Å². The highest BCUT2D eigenvalue weighted by Gasteiger charge is 2.14. The van der Waals surface area contributed by atoms with E-state index < -0.39 is 0 Å². The van der Waals surface area contributed by atoms with E-state index >= 15 is 0 Å². The van der Waals surface area contributed by atoms with Crippen LogP contribution in [0.25, 0.3) is 33.7 Å². The van der Waals surface area contributed by atoms with Gasteiger partial charge in [-0.3, -0.25) is 4.79 Å². The molecular formula is C22H13Cl2N3O3S. The van der Waals surface area contributed by atoms with E-state index in [1.165, 1.54) is 15.9 Å². The molecule has 0 aliphatic heterocycles. The van der Waals surface area contributed by atoms with E-state index in [1.807, 2.05) is 30.3 Å². The van der Waals surface area contributed by atoms with E-state index in [0.717, 1.165) is 11.3 Å². The summed E-state index contributed by atoms with van der Waals surface area (Å²) in [5.74, 6) is 2.30. The minimum Gasteiger partial charge on any atom is -0.497 e. The van der Waals surface area contributed by atoms with Gasteiger partial charge < -0.3 is 9.15 Å². The van der Waals surface area contributed by atoms with Gasteiger partial charge in [-0.15, -0.1) is 5.10 Å². The second kappa shape index (κ2) is 7.85. The molecule has 154 valence electrons. The fourth-order valence-electron chi connectivity index (χ4n) is 3.09. The average Bonchev–Trinajstić information content (AvgIpc) is 3.48. The van der Waals surface area contributed by atoms with Crippen LogP contribution < -0.4 is 14.8 Å². The van der Waals surface area contributed by atoms with Crippen LogP contribution in [0.4, 0.5) is 0 Å². The van der Waals surface area contributed by atoms with Crippen LogP contribution in [0.3, 0.4) is 0 Å². The summed E-state index contributed by atoms with van der Waals surface area (Å²) >= 11 is 13.6. The molecule has 5 aromatic rings. The largest absolute Gasteiger partial charge is 0.497 e.